The molecule has 21 heavy (non-hydrogen) atoms. The zero-order valence-electron chi connectivity index (χ0n) is 12.4. The van der Waals surface area contributed by atoms with E-state index in [1.807, 2.05) is 25.5 Å². The number of aryl methyl sites for hydroxylation is 1. The van der Waals surface area contributed by atoms with E-state index in [9.17, 15) is 4.79 Å². The second kappa shape index (κ2) is 10.5. The number of thioether (sulfide) groups is 1. The summed E-state index contributed by atoms with van der Waals surface area (Å²) < 4.78 is -0.257. The third kappa shape index (κ3) is 7.56. The molecule has 0 aromatic carbocycles. The molecule has 1 heterocycles. The first-order chi connectivity index (χ1) is 8.86. The Kier molecular flexibility index (Phi) is 11.5. The van der Waals surface area contributed by atoms with E-state index in [1.54, 1.807) is 11.8 Å². The summed E-state index contributed by atoms with van der Waals surface area (Å²) in [5.41, 5.74) is 12.5. The largest absolute Gasteiger partial charge is 0.375 e. The van der Waals surface area contributed by atoms with Crippen LogP contribution < -0.4 is 16.8 Å². The third-order valence-electron chi connectivity index (χ3n) is 3.04. The lowest BCUT2D eigenvalue weighted by molar-refractivity contribution is -0.122. The molecule has 1 aromatic rings. The van der Waals surface area contributed by atoms with Gasteiger partial charge in [0, 0.05) is 16.7 Å². The van der Waals surface area contributed by atoms with Gasteiger partial charge in [0.05, 0.1) is 11.7 Å². The molecule has 0 saturated heterocycles. The van der Waals surface area contributed by atoms with Crippen LogP contribution in [0.5, 0.6) is 0 Å². The Balaban J connectivity index is 0. The zero-order valence-corrected chi connectivity index (χ0v) is 15.7. The van der Waals surface area contributed by atoms with E-state index in [1.165, 1.54) is 11.3 Å². The quantitative estimate of drug-likeness (QED) is 0.635. The summed E-state index contributed by atoms with van der Waals surface area (Å²) >= 11 is 3.03. The first kappa shape index (κ1) is 23.1. The maximum Gasteiger partial charge on any atom is 0.238 e. The molecule has 124 valence electrons. The summed E-state index contributed by atoms with van der Waals surface area (Å²) in [7, 11) is 0. The number of carbonyl (C=O) groups excluding carboxylic acids is 1. The highest BCUT2D eigenvalue weighted by atomic mass is 35.5. The molecule has 5 nitrogen and oxygen atoms in total. The third-order valence-corrected chi connectivity index (χ3v) is 5.06. The van der Waals surface area contributed by atoms with Crippen molar-refractivity contribution < 1.29 is 4.79 Å². The van der Waals surface area contributed by atoms with Crippen molar-refractivity contribution >= 4 is 59.0 Å². The lowest BCUT2D eigenvalue weighted by Gasteiger charge is -2.28. The predicted octanol–water partition coefficient (Wildman–Crippen LogP) is 2.09. The molecule has 0 bridgehead atoms. The molecule has 1 aromatic heterocycles. The number of rotatable bonds is 7. The highest BCUT2D eigenvalue weighted by Gasteiger charge is 2.30. The van der Waals surface area contributed by atoms with Crippen LogP contribution in [0.3, 0.4) is 0 Å². The summed E-state index contributed by atoms with van der Waals surface area (Å²) in [5.74, 6) is -0.0999. The van der Waals surface area contributed by atoms with Crippen LogP contribution in [0, 0.1) is 0 Å². The van der Waals surface area contributed by atoms with E-state index in [4.69, 9.17) is 11.5 Å². The number of nitrogens with zero attached hydrogens (tertiary/aromatic N) is 1. The van der Waals surface area contributed by atoms with Crippen LogP contribution >= 0.6 is 47.9 Å². The lowest BCUT2D eigenvalue weighted by Crippen LogP contribution is -2.52. The van der Waals surface area contributed by atoms with Crippen LogP contribution in [0.15, 0.2) is 5.38 Å². The maximum atomic E-state index is 11.9. The number of anilines is 1. The first-order valence-corrected chi connectivity index (χ1v) is 8.25. The number of nitrogens with two attached hydrogens (primary N) is 2. The Morgan fingerprint density at radius 1 is 1.52 bits per heavy atom. The molecule has 0 fully saturated rings. The van der Waals surface area contributed by atoms with Crippen LogP contribution in [-0.2, 0) is 11.2 Å². The highest BCUT2D eigenvalue weighted by molar-refractivity contribution is 8.00. The van der Waals surface area contributed by atoms with Crippen molar-refractivity contribution in [2.24, 2.45) is 5.73 Å². The van der Waals surface area contributed by atoms with Gasteiger partial charge >= 0.3 is 0 Å². The summed E-state index contributed by atoms with van der Waals surface area (Å²) in [6, 6.07) is -0.502. The molecule has 0 radical (unpaired) electrons. The van der Waals surface area contributed by atoms with Crippen molar-refractivity contribution in [2.75, 3.05) is 18.5 Å². The number of hydrogen-bond acceptors (Lipinski definition) is 6. The van der Waals surface area contributed by atoms with Crippen molar-refractivity contribution in [3.05, 3.63) is 11.1 Å². The number of nitrogen functional groups attached to an aromatic ring is 1. The Hall–Kier alpha value is -0.210. The number of aromatic nitrogens is 1. The van der Waals surface area contributed by atoms with Crippen molar-refractivity contribution in [1.29, 1.82) is 0 Å². The van der Waals surface area contributed by atoms with Crippen LogP contribution in [-0.4, -0.2) is 34.5 Å². The fourth-order valence-corrected chi connectivity index (χ4v) is 2.43. The second-order valence-electron chi connectivity index (χ2n) is 4.86. The van der Waals surface area contributed by atoms with E-state index < -0.39 is 6.04 Å². The second-order valence-corrected chi connectivity index (χ2v) is 7.21. The number of carbonyl (C=O) groups is 1. The minimum absolute atomic E-state index is 0. The number of hydrogen-bond donors (Lipinski definition) is 3. The first-order valence-electron chi connectivity index (χ1n) is 6.15. The summed E-state index contributed by atoms with van der Waals surface area (Å²) in [5, 5.41) is 5.40. The topological polar surface area (TPSA) is 94.0 Å². The number of thiazole rings is 1. The molecular formula is C12H24Cl2N4OS2. The minimum Gasteiger partial charge on any atom is -0.375 e. The normalized spacial score (nSPS) is 12.0. The molecule has 0 aliphatic heterocycles. The molecule has 0 unspecified atom stereocenters. The molecule has 1 amide bonds. The van der Waals surface area contributed by atoms with Crippen LogP contribution in [0.1, 0.15) is 26.0 Å². The fraction of sp³-hybridized carbons (Fsp3) is 0.667. The van der Waals surface area contributed by atoms with Gasteiger partial charge in [0.15, 0.2) is 5.13 Å². The number of nitrogens with one attached hydrogen (secondary N) is 1. The van der Waals surface area contributed by atoms with Crippen molar-refractivity contribution in [2.45, 2.75) is 37.5 Å². The molecule has 0 saturated carbocycles. The van der Waals surface area contributed by atoms with E-state index in [0.717, 1.165) is 18.5 Å². The van der Waals surface area contributed by atoms with Gasteiger partial charge < -0.3 is 16.8 Å². The Labute approximate surface area is 146 Å². The van der Waals surface area contributed by atoms with Crippen molar-refractivity contribution in [3.63, 3.8) is 0 Å². The summed E-state index contributed by atoms with van der Waals surface area (Å²) in [6.45, 7) is 4.55. The molecule has 0 spiro atoms. The van der Waals surface area contributed by atoms with Gasteiger partial charge in [-0.15, -0.1) is 36.2 Å². The van der Waals surface area contributed by atoms with Gasteiger partial charge in [-0.3, -0.25) is 4.79 Å². The molecule has 9 heteroatoms. The van der Waals surface area contributed by atoms with Gasteiger partial charge in [-0.25, -0.2) is 4.98 Å². The van der Waals surface area contributed by atoms with Crippen LogP contribution in [0.25, 0.3) is 0 Å². The van der Waals surface area contributed by atoms with Gasteiger partial charge in [0.2, 0.25) is 5.91 Å². The van der Waals surface area contributed by atoms with Gasteiger partial charge in [-0.2, -0.15) is 11.8 Å². The lowest BCUT2D eigenvalue weighted by atomic mass is 10.0. The Bertz CT molecular complexity index is 429. The molecular weight excluding hydrogens is 351 g/mol. The molecule has 0 aliphatic carbocycles. The van der Waals surface area contributed by atoms with Crippen LogP contribution in [0.4, 0.5) is 5.13 Å². The molecule has 0 aliphatic rings. The smallest absolute Gasteiger partial charge is 0.238 e. The van der Waals surface area contributed by atoms with E-state index in [2.05, 4.69) is 10.3 Å². The van der Waals surface area contributed by atoms with E-state index in [0.29, 0.717) is 11.7 Å². The number of halogens is 2. The van der Waals surface area contributed by atoms with E-state index >= 15 is 0 Å². The zero-order chi connectivity index (χ0) is 14.5. The Morgan fingerprint density at radius 2 is 2.14 bits per heavy atom. The van der Waals surface area contributed by atoms with Crippen LogP contribution in [0.2, 0.25) is 0 Å². The Morgan fingerprint density at radius 3 is 2.62 bits per heavy atom. The summed E-state index contributed by atoms with van der Waals surface area (Å²) in [6.07, 6.45) is 3.61. The SMILES string of the molecule is CSC(C)(C)[C@H](N)C(=O)NCCCc1csc(N)n1.Cl.Cl. The average molecular weight is 375 g/mol. The average Bonchev–Trinajstić information content (AvgIpc) is 2.79. The van der Waals surface area contributed by atoms with Crippen molar-refractivity contribution in [3.8, 4) is 0 Å². The molecule has 1 atom stereocenters. The highest BCUT2D eigenvalue weighted by Crippen LogP contribution is 2.24. The monoisotopic (exact) mass is 374 g/mol. The maximum absolute atomic E-state index is 11.9. The van der Waals surface area contributed by atoms with Gasteiger partial charge in [0.1, 0.15) is 0 Å². The van der Waals surface area contributed by atoms with Gasteiger partial charge in [-0.1, -0.05) is 0 Å². The standard InChI is InChI=1S/C12H22N4OS2.2ClH/c1-12(2,18-3)9(13)10(17)15-6-4-5-8-7-19-11(14)16-8;;/h7,9H,4-6,13H2,1-3H3,(H2,14,16)(H,15,17);2*1H/t9-;;/m1../s1. The predicted molar refractivity (Wildman–Crippen MR) is 97.9 cm³/mol. The summed E-state index contributed by atoms with van der Waals surface area (Å²) in [4.78, 5) is 16.1. The minimum atomic E-state index is -0.502. The molecule has 5 N–H and O–H groups in total. The van der Waals surface area contributed by atoms with Gasteiger partial charge in [-0.05, 0) is 32.9 Å². The van der Waals surface area contributed by atoms with E-state index in [-0.39, 0.29) is 35.5 Å². The van der Waals surface area contributed by atoms with Gasteiger partial charge in [0.25, 0.3) is 0 Å². The number of amides is 1. The molecule has 1 rings (SSSR count). The van der Waals surface area contributed by atoms with Crippen molar-refractivity contribution in [1.82, 2.24) is 10.3 Å². The fourth-order valence-electron chi connectivity index (χ4n) is 1.47.